The van der Waals surface area contributed by atoms with Gasteiger partial charge in [0.25, 0.3) is 0 Å². The number of hydrogen-bond donors (Lipinski definition) is 1. The van der Waals surface area contributed by atoms with Gasteiger partial charge >= 0.3 is 0 Å². The molecule has 0 saturated carbocycles. The van der Waals surface area contributed by atoms with Gasteiger partial charge in [0, 0.05) is 13.1 Å². The smallest absolute Gasteiger partial charge is 0.242 e. The predicted octanol–water partition coefficient (Wildman–Crippen LogP) is 1.16. The van der Waals surface area contributed by atoms with Crippen LogP contribution in [0.1, 0.15) is 34.6 Å². The second kappa shape index (κ2) is 4.63. The minimum atomic E-state index is -1.03. The van der Waals surface area contributed by atoms with Gasteiger partial charge in [0.1, 0.15) is 5.41 Å². The molecule has 0 bridgehead atoms. The van der Waals surface area contributed by atoms with Crippen molar-refractivity contribution in [3.8, 4) is 6.07 Å². The normalized spacial score (nSPS) is 12.1. The van der Waals surface area contributed by atoms with E-state index in [9.17, 15) is 9.90 Å². The molecular weight excluding hydrogens is 192 g/mol. The molecule has 0 aliphatic rings. The summed E-state index contributed by atoms with van der Waals surface area (Å²) in [5.74, 6) is -0.241. The molecule has 86 valence electrons. The van der Waals surface area contributed by atoms with Crippen molar-refractivity contribution in [1.29, 1.82) is 5.26 Å². The fourth-order valence-corrected chi connectivity index (χ4v) is 1.24. The van der Waals surface area contributed by atoms with Gasteiger partial charge in [-0.2, -0.15) is 5.26 Å². The molecule has 0 heterocycles. The van der Waals surface area contributed by atoms with Crippen LogP contribution in [0.3, 0.4) is 0 Å². The Morgan fingerprint density at radius 1 is 1.40 bits per heavy atom. The van der Waals surface area contributed by atoms with Crippen LogP contribution in [-0.2, 0) is 4.79 Å². The van der Waals surface area contributed by atoms with Gasteiger partial charge in [-0.1, -0.05) is 0 Å². The van der Waals surface area contributed by atoms with Crippen molar-refractivity contribution in [1.82, 2.24) is 4.90 Å². The van der Waals surface area contributed by atoms with Crippen LogP contribution in [-0.4, -0.2) is 34.6 Å². The number of hydrogen-bond acceptors (Lipinski definition) is 3. The molecule has 0 spiro atoms. The van der Waals surface area contributed by atoms with Crippen LogP contribution < -0.4 is 0 Å². The Morgan fingerprint density at radius 3 is 2.13 bits per heavy atom. The second-order valence-electron chi connectivity index (χ2n) is 4.87. The summed E-state index contributed by atoms with van der Waals surface area (Å²) in [5, 5.41) is 18.5. The molecule has 0 unspecified atom stereocenters. The number of carbonyl (C=O) groups is 1. The molecule has 15 heavy (non-hydrogen) atoms. The number of likely N-dealkylation sites (N-methyl/N-ethyl adjacent to an activating group) is 1. The van der Waals surface area contributed by atoms with Crippen LogP contribution in [0.25, 0.3) is 0 Å². The molecule has 1 amide bonds. The third-order valence-corrected chi connectivity index (χ3v) is 2.06. The summed E-state index contributed by atoms with van der Waals surface area (Å²) in [6.07, 6.45) is 0. The average Bonchev–Trinajstić information content (AvgIpc) is 2.11. The SMILES string of the molecule is CCN(CC(C)(C)O)C(=O)C(C)(C)C#N. The molecule has 0 rings (SSSR count). The van der Waals surface area contributed by atoms with Crippen molar-refractivity contribution >= 4 is 5.91 Å². The standard InChI is InChI=1S/C11H20N2O2/c1-6-13(8-11(4,5)15)9(14)10(2,3)7-12/h15H,6,8H2,1-5H3. The van der Waals surface area contributed by atoms with Crippen LogP contribution in [0, 0.1) is 16.7 Å². The molecule has 0 aromatic rings. The summed E-state index contributed by atoms with van der Waals surface area (Å²) in [4.78, 5) is 13.4. The van der Waals surface area contributed by atoms with Gasteiger partial charge in [0.15, 0.2) is 0 Å². The highest BCUT2D eigenvalue weighted by atomic mass is 16.3. The van der Waals surface area contributed by atoms with Gasteiger partial charge in [-0.15, -0.1) is 0 Å². The lowest BCUT2D eigenvalue weighted by atomic mass is 9.93. The summed E-state index contributed by atoms with van der Waals surface area (Å²) < 4.78 is 0. The zero-order valence-corrected chi connectivity index (χ0v) is 10.2. The van der Waals surface area contributed by atoms with E-state index in [2.05, 4.69) is 0 Å². The van der Waals surface area contributed by atoms with E-state index in [1.807, 2.05) is 13.0 Å². The second-order valence-corrected chi connectivity index (χ2v) is 4.87. The van der Waals surface area contributed by atoms with Crippen LogP contribution in [0.4, 0.5) is 0 Å². The van der Waals surface area contributed by atoms with Crippen molar-refractivity contribution in [3.05, 3.63) is 0 Å². The van der Waals surface area contributed by atoms with Gasteiger partial charge in [0.05, 0.1) is 11.7 Å². The first kappa shape index (κ1) is 13.9. The van der Waals surface area contributed by atoms with Gasteiger partial charge < -0.3 is 10.0 Å². The zero-order valence-electron chi connectivity index (χ0n) is 10.2. The monoisotopic (exact) mass is 212 g/mol. The number of nitrogens with zero attached hydrogens (tertiary/aromatic N) is 2. The van der Waals surface area contributed by atoms with E-state index in [0.717, 1.165) is 0 Å². The van der Waals surface area contributed by atoms with E-state index in [1.54, 1.807) is 27.7 Å². The fourth-order valence-electron chi connectivity index (χ4n) is 1.24. The minimum absolute atomic E-state index is 0.241. The van der Waals surface area contributed by atoms with Gasteiger partial charge in [-0.25, -0.2) is 0 Å². The van der Waals surface area contributed by atoms with Gasteiger partial charge in [-0.05, 0) is 34.6 Å². The Balaban J connectivity index is 4.72. The largest absolute Gasteiger partial charge is 0.389 e. The Morgan fingerprint density at radius 2 is 1.87 bits per heavy atom. The molecule has 0 radical (unpaired) electrons. The van der Waals surface area contributed by atoms with Crippen molar-refractivity contribution in [3.63, 3.8) is 0 Å². The summed E-state index contributed by atoms with van der Waals surface area (Å²) in [6.45, 7) is 9.02. The number of aliphatic hydroxyl groups is 1. The summed E-state index contributed by atoms with van der Waals surface area (Å²) in [7, 11) is 0. The van der Waals surface area contributed by atoms with Crippen molar-refractivity contribution in [2.24, 2.45) is 5.41 Å². The highest BCUT2D eigenvalue weighted by Gasteiger charge is 2.33. The maximum absolute atomic E-state index is 11.9. The summed E-state index contributed by atoms with van der Waals surface area (Å²) >= 11 is 0. The molecule has 0 aliphatic heterocycles. The van der Waals surface area contributed by atoms with E-state index >= 15 is 0 Å². The first-order valence-corrected chi connectivity index (χ1v) is 5.07. The number of nitriles is 1. The Kier molecular flexibility index (Phi) is 4.29. The number of amides is 1. The number of rotatable bonds is 4. The molecule has 0 aliphatic carbocycles. The highest BCUT2D eigenvalue weighted by Crippen LogP contribution is 2.18. The Hall–Kier alpha value is -1.08. The van der Waals surface area contributed by atoms with E-state index in [-0.39, 0.29) is 12.5 Å². The molecule has 4 heteroatoms. The van der Waals surface area contributed by atoms with Crippen LogP contribution in [0.2, 0.25) is 0 Å². The molecule has 0 aromatic carbocycles. The zero-order chi connectivity index (χ0) is 12.3. The molecule has 0 aromatic heterocycles. The van der Waals surface area contributed by atoms with E-state index in [4.69, 9.17) is 5.26 Å². The van der Waals surface area contributed by atoms with Gasteiger partial charge in [-0.3, -0.25) is 4.79 Å². The van der Waals surface area contributed by atoms with E-state index in [0.29, 0.717) is 6.54 Å². The molecular formula is C11H20N2O2. The predicted molar refractivity (Wildman–Crippen MR) is 57.9 cm³/mol. The van der Waals surface area contributed by atoms with Crippen molar-refractivity contribution in [2.75, 3.05) is 13.1 Å². The lowest BCUT2D eigenvalue weighted by molar-refractivity contribution is -0.140. The maximum atomic E-state index is 11.9. The van der Waals surface area contributed by atoms with Crippen LogP contribution in [0.15, 0.2) is 0 Å². The lowest BCUT2D eigenvalue weighted by Gasteiger charge is -2.31. The topological polar surface area (TPSA) is 64.3 Å². The van der Waals surface area contributed by atoms with Crippen LogP contribution in [0.5, 0.6) is 0 Å². The average molecular weight is 212 g/mol. The Labute approximate surface area is 91.5 Å². The van der Waals surface area contributed by atoms with Crippen LogP contribution >= 0.6 is 0 Å². The first-order valence-electron chi connectivity index (χ1n) is 5.07. The van der Waals surface area contributed by atoms with Crippen molar-refractivity contribution < 1.29 is 9.90 Å². The van der Waals surface area contributed by atoms with Gasteiger partial charge in [0.2, 0.25) is 5.91 Å². The molecule has 4 nitrogen and oxygen atoms in total. The molecule has 0 atom stereocenters. The fraction of sp³-hybridized carbons (Fsp3) is 0.818. The Bertz CT molecular complexity index is 271. The molecule has 0 fully saturated rings. The number of carbonyl (C=O) groups excluding carboxylic acids is 1. The molecule has 1 N–H and O–H groups in total. The summed E-state index contributed by atoms with van der Waals surface area (Å²) in [5.41, 5.74) is -1.96. The highest BCUT2D eigenvalue weighted by molar-refractivity contribution is 5.84. The lowest BCUT2D eigenvalue weighted by Crippen LogP contribution is -2.46. The van der Waals surface area contributed by atoms with E-state index < -0.39 is 11.0 Å². The third-order valence-electron chi connectivity index (χ3n) is 2.06. The first-order chi connectivity index (χ1) is 6.64. The molecule has 0 saturated heterocycles. The minimum Gasteiger partial charge on any atom is -0.389 e. The maximum Gasteiger partial charge on any atom is 0.242 e. The summed E-state index contributed by atoms with van der Waals surface area (Å²) in [6, 6.07) is 1.97. The quantitative estimate of drug-likeness (QED) is 0.760. The van der Waals surface area contributed by atoms with Crippen molar-refractivity contribution in [2.45, 2.75) is 40.2 Å². The van der Waals surface area contributed by atoms with E-state index in [1.165, 1.54) is 4.90 Å². The third kappa shape index (κ3) is 4.30.